The van der Waals surface area contributed by atoms with Gasteiger partial charge in [0.25, 0.3) is 0 Å². The molecule has 6 heteroatoms. The van der Waals surface area contributed by atoms with Gasteiger partial charge in [-0.15, -0.1) is 24.0 Å². The molecule has 0 radical (unpaired) electrons. The van der Waals surface area contributed by atoms with Crippen molar-refractivity contribution in [2.75, 3.05) is 45.2 Å². The van der Waals surface area contributed by atoms with Crippen LogP contribution in [-0.2, 0) is 0 Å². The molecule has 1 saturated carbocycles. The number of hydrogen-bond acceptors (Lipinski definition) is 3. The van der Waals surface area contributed by atoms with Crippen molar-refractivity contribution >= 4 is 41.7 Å². The van der Waals surface area contributed by atoms with Gasteiger partial charge in [0.05, 0.1) is 0 Å². The third-order valence-electron chi connectivity index (χ3n) is 4.65. The van der Waals surface area contributed by atoms with Crippen molar-refractivity contribution in [3.63, 3.8) is 0 Å². The van der Waals surface area contributed by atoms with Crippen LogP contribution in [0.25, 0.3) is 0 Å². The Morgan fingerprint density at radius 3 is 2.73 bits per heavy atom. The maximum Gasteiger partial charge on any atom is 0.191 e. The van der Waals surface area contributed by atoms with E-state index in [2.05, 4.69) is 26.8 Å². The normalized spacial score (nSPS) is 23.5. The van der Waals surface area contributed by atoms with Crippen LogP contribution in [-0.4, -0.2) is 62.1 Å². The Morgan fingerprint density at radius 1 is 1.27 bits per heavy atom. The monoisotopic (exact) mass is 440 g/mol. The van der Waals surface area contributed by atoms with E-state index < -0.39 is 0 Å². The molecule has 0 aromatic carbocycles. The van der Waals surface area contributed by atoms with Crippen molar-refractivity contribution < 1.29 is 0 Å². The fraction of sp³-hybridized carbons (Fsp3) is 0.938. The highest BCUT2D eigenvalue weighted by Gasteiger charge is 2.26. The Balaban J connectivity index is 0.00000242. The fourth-order valence-electron chi connectivity index (χ4n) is 3.49. The van der Waals surface area contributed by atoms with Crippen molar-refractivity contribution in [2.45, 2.75) is 44.6 Å². The van der Waals surface area contributed by atoms with Crippen LogP contribution in [0.15, 0.2) is 4.99 Å². The molecule has 0 bridgehead atoms. The SMILES string of the molecule is CN=C(NCCCSC)NC1CCN(CC2CCCC2)C1.I. The van der Waals surface area contributed by atoms with Crippen molar-refractivity contribution in [2.24, 2.45) is 10.9 Å². The molecule has 2 aliphatic rings. The van der Waals surface area contributed by atoms with E-state index in [9.17, 15) is 0 Å². The Labute approximate surface area is 157 Å². The third-order valence-corrected chi connectivity index (χ3v) is 5.34. The average Bonchev–Trinajstić information content (AvgIpc) is 3.15. The van der Waals surface area contributed by atoms with Crippen molar-refractivity contribution in [1.29, 1.82) is 0 Å². The molecule has 4 nitrogen and oxygen atoms in total. The molecular weight excluding hydrogens is 407 g/mol. The maximum absolute atomic E-state index is 4.35. The first kappa shape index (κ1) is 20.4. The molecule has 1 unspecified atom stereocenters. The van der Waals surface area contributed by atoms with Gasteiger partial charge < -0.3 is 15.5 Å². The van der Waals surface area contributed by atoms with Crippen LogP contribution >= 0.6 is 35.7 Å². The summed E-state index contributed by atoms with van der Waals surface area (Å²) >= 11 is 1.90. The summed E-state index contributed by atoms with van der Waals surface area (Å²) in [6, 6.07) is 0.568. The molecule has 2 fully saturated rings. The third kappa shape index (κ3) is 7.25. The minimum atomic E-state index is 0. The molecule has 1 heterocycles. The van der Waals surface area contributed by atoms with Gasteiger partial charge in [-0.3, -0.25) is 4.99 Å². The first-order valence-electron chi connectivity index (χ1n) is 8.50. The molecule has 2 rings (SSSR count). The Hall–Kier alpha value is 0.310. The lowest BCUT2D eigenvalue weighted by atomic mass is 10.1. The van der Waals surface area contributed by atoms with Crippen molar-refractivity contribution in [1.82, 2.24) is 15.5 Å². The van der Waals surface area contributed by atoms with Gasteiger partial charge in [-0.25, -0.2) is 0 Å². The van der Waals surface area contributed by atoms with Crippen LogP contribution in [0.1, 0.15) is 38.5 Å². The zero-order valence-electron chi connectivity index (χ0n) is 14.1. The van der Waals surface area contributed by atoms with Crippen molar-refractivity contribution in [3.8, 4) is 0 Å². The molecule has 1 saturated heterocycles. The largest absolute Gasteiger partial charge is 0.356 e. The minimum absolute atomic E-state index is 0. The molecular formula is C16H33IN4S. The summed E-state index contributed by atoms with van der Waals surface area (Å²) in [7, 11) is 1.87. The Bertz CT molecular complexity index is 321. The molecule has 0 aromatic rings. The number of guanidine groups is 1. The summed E-state index contributed by atoms with van der Waals surface area (Å²) in [6.07, 6.45) is 10.4. The second kappa shape index (κ2) is 11.8. The number of likely N-dealkylation sites (tertiary alicyclic amines) is 1. The number of thioether (sulfide) groups is 1. The second-order valence-corrected chi connectivity index (χ2v) is 7.37. The van der Waals surface area contributed by atoms with E-state index in [4.69, 9.17) is 0 Å². The van der Waals surface area contributed by atoms with Crippen LogP contribution in [0.5, 0.6) is 0 Å². The molecule has 130 valence electrons. The number of nitrogens with zero attached hydrogens (tertiary/aromatic N) is 2. The summed E-state index contributed by atoms with van der Waals surface area (Å²) < 4.78 is 0. The van der Waals surface area contributed by atoms with E-state index in [0.717, 1.165) is 18.4 Å². The first-order valence-corrected chi connectivity index (χ1v) is 9.89. The summed E-state index contributed by atoms with van der Waals surface area (Å²) in [6.45, 7) is 4.76. The zero-order chi connectivity index (χ0) is 14.9. The van der Waals surface area contributed by atoms with Gasteiger partial charge in [0.1, 0.15) is 0 Å². The second-order valence-electron chi connectivity index (χ2n) is 6.39. The minimum Gasteiger partial charge on any atom is -0.356 e. The van der Waals surface area contributed by atoms with E-state index in [1.807, 2.05) is 18.8 Å². The van der Waals surface area contributed by atoms with Gasteiger partial charge in [0.15, 0.2) is 5.96 Å². The van der Waals surface area contributed by atoms with Crippen molar-refractivity contribution in [3.05, 3.63) is 0 Å². The summed E-state index contributed by atoms with van der Waals surface area (Å²) in [4.78, 5) is 6.99. The van der Waals surface area contributed by atoms with Crippen LogP contribution < -0.4 is 10.6 Å². The first-order chi connectivity index (χ1) is 10.3. The van der Waals surface area contributed by atoms with E-state index in [1.54, 1.807) is 0 Å². The van der Waals surface area contributed by atoms with Crippen LogP contribution in [0, 0.1) is 5.92 Å². The van der Waals surface area contributed by atoms with Crippen LogP contribution in [0.3, 0.4) is 0 Å². The van der Waals surface area contributed by atoms with Gasteiger partial charge >= 0.3 is 0 Å². The highest BCUT2D eigenvalue weighted by molar-refractivity contribution is 14.0. The predicted octanol–water partition coefficient (Wildman–Crippen LogP) is 2.79. The van der Waals surface area contributed by atoms with E-state index in [1.165, 1.54) is 63.9 Å². The smallest absolute Gasteiger partial charge is 0.191 e. The van der Waals surface area contributed by atoms with E-state index >= 15 is 0 Å². The number of rotatable bonds is 7. The molecule has 1 aliphatic carbocycles. The van der Waals surface area contributed by atoms with Gasteiger partial charge in [0.2, 0.25) is 0 Å². The fourth-order valence-corrected chi connectivity index (χ4v) is 3.92. The van der Waals surface area contributed by atoms with Gasteiger partial charge in [-0.2, -0.15) is 11.8 Å². The quantitative estimate of drug-likeness (QED) is 0.277. The van der Waals surface area contributed by atoms with E-state index in [0.29, 0.717) is 6.04 Å². The topological polar surface area (TPSA) is 39.7 Å². The zero-order valence-corrected chi connectivity index (χ0v) is 17.3. The number of nitrogens with one attached hydrogen (secondary N) is 2. The highest BCUT2D eigenvalue weighted by atomic mass is 127. The standard InChI is InChI=1S/C16H32N4S.HI/c1-17-16(18-9-5-11-21-2)19-15-8-10-20(13-15)12-14-6-3-4-7-14;/h14-15H,3-13H2,1-2H3,(H2,17,18,19);1H. The molecule has 1 aliphatic heterocycles. The molecule has 22 heavy (non-hydrogen) atoms. The average molecular weight is 440 g/mol. The highest BCUT2D eigenvalue weighted by Crippen LogP contribution is 2.26. The van der Waals surface area contributed by atoms with Gasteiger partial charge in [0, 0.05) is 39.3 Å². The van der Waals surface area contributed by atoms with E-state index in [-0.39, 0.29) is 24.0 Å². The van der Waals surface area contributed by atoms with Gasteiger partial charge in [-0.1, -0.05) is 12.8 Å². The summed E-state index contributed by atoms with van der Waals surface area (Å²) in [5, 5.41) is 7.01. The number of aliphatic imine (C=N–C) groups is 1. The molecule has 0 spiro atoms. The molecule has 0 amide bonds. The lowest BCUT2D eigenvalue weighted by molar-refractivity contribution is 0.275. The van der Waals surface area contributed by atoms with Crippen LogP contribution in [0.4, 0.5) is 0 Å². The molecule has 1 atom stereocenters. The maximum atomic E-state index is 4.35. The Kier molecular flexibility index (Phi) is 10.9. The summed E-state index contributed by atoms with van der Waals surface area (Å²) in [5.74, 6) is 3.15. The molecule has 2 N–H and O–H groups in total. The van der Waals surface area contributed by atoms with Gasteiger partial charge in [-0.05, 0) is 43.6 Å². The lowest BCUT2D eigenvalue weighted by Gasteiger charge is -2.21. The molecule has 0 aromatic heterocycles. The lowest BCUT2D eigenvalue weighted by Crippen LogP contribution is -2.45. The summed E-state index contributed by atoms with van der Waals surface area (Å²) in [5.41, 5.74) is 0. The van der Waals surface area contributed by atoms with Crippen LogP contribution in [0.2, 0.25) is 0 Å². The number of halogens is 1. The number of hydrogen-bond donors (Lipinski definition) is 2. The predicted molar refractivity (Wildman–Crippen MR) is 110 cm³/mol. The Morgan fingerprint density at radius 2 is 2.05 bits per heavy atom.